The number of unbranched alkanes of at least 4 members (excludes halogenated alkanes) is 11. The maximum absolute atomic E-state index is 12.5. The molecule has 0 aliphatic rings. The van der Waals surface area contributed by atoms with Crippen LogP contribution in [-0.4, -0.2) is 49.9 Å². The van der Waals surface area contributed by atoms with Gasteiger partial charge in [0.25, 0.3) is 0 Å². The van der Waals surface area contributed by atoms with Crippen molar-refractivity contribution in [1.82, 2.24) is 0 Å². The van der Waals surface area contributed by atoms with Gasteiger partial charge in [-0.1, -0.05) is 145 Å². The summed E-state index contributed by atoms with van der Waals surface area (Å²) in [4.78, 5) is 22.3. The highest BCUT2D eigenvalue weighted by molar-refractivity contribution is 7.47. The maximum Gasteiger partial charge on any atom is 0.472 e. The highest BCUT2D eigenvalue weighted by Crippen LogP contribution is 2.43. The Labute approximate surface area is 305 Å². The standard InChI is InChI=1S/C41H72NO7P/c1-3-5-7-9-11-12-13-14-15-16-17-18-19-20-21-22-23-24-25-26-27-28-29-30-32-34-41(43)49-40(39-48-50(44,45)47-37-35-42)38-46-36-33-31-10-8-6-4-2/h5,7,11-12,14-15,17-18,20-21,23-24,40H,3-4,6,8-10,13,16,19,22,25-39,42H2,1-2H3,(H,44,45)/b7-5-,12-11-,15-14-,18-17-,21-20-,24-23-. The zero-order valence-electron chi connectivity index (χ0n) is 31.6. The average molecular weight is 722 g/mol. The predicted molar refractivity (Wildman–Crippen MR) is 210 cm³/mol. The number of phosphoric ester groups is 1. The molecule has 50 heavy (non-hydrogen) atoms. The molecule has 0 aromatic carbocycles. The number of carbonyl (C=O) groups excluding carboxylic acids is 1. The van der Waals surface area contributed by atoms with Crippen molar-refractivity contribution in [2.24, 2.45) is 5.73 Å². The summed E-state index contributed by atoms with van der Waals surface area (Å²) in [7, 11) is -4.27. The molecule has 2 atom stereocenters. The molecule has 0 saturated heterocycles. The minimum Gasteiger partial charge on any atom is -0.457 e. The van der Waals surface area contributed by atoms with E-state index in [0.29, 0.717) is 13.0 Å². The van der Waals surface area contributed by atoms with Gasteiger partial charge in [-0.15, -0.1) is 0 Å². The first-order chi connectivity index (χ1) is 24.4. The second-order valence-corrected chi connectivity index (χ2v) is 13.9. The van der Waals surface area contributed by atoms with E-state index >= 15 is 0 Å². The molecular formula is C41H72NO7P. The summed E-state index contributed by atoms with van der Waals surface area (Å²) in [6, 6.07) is 0. The zero-order valence-corrected chi connectivity index (χ0v) is 32.5. The van der Waals surface area contributed by atoms with E-state index in [1.54, 1.807) is 0 Å². The van der Waals surface area contributed by atoms with E-state index in [2.05, 4.69) is 86.8 Å². The smallest absolute Gasteiger partial charge is 0.457 e. The molecule has 2 unspecified atom stereocenters. The van der Waals surface area contributed by atoms with Crippen LogP contribution in [0.4, 0.5) is 0 Å². The fraction of sp³-hybridized carbons (Fsp3) is 0.683. The third-order valence-corrected chi connectivity index (χ3v) is 8.62. The van der Waals surface area contributed by atoms with Crippen molar-refractivity contribution < 1.29 is 32.8 Å². The van der Waals surface area contributed by atoms with E-state index in [1.807, 2.05) is 0 Å². The van der Waals surface area contributed by atoms with Gasteiger partial charge in [0.2, 0.25) is 0 Å². The Morgan fingerprint density at radius 1 is 0.620 bits per heavy atom. The Balaban J connectivity index is 3.98. The number of esters is 1. The Kier molecular flexibility index (Phi) is 36.6. The van der Waals surface area contributed by atoms with Gasteiger partial charge in [0.1, 0.15) is 6.10 Å². The molecule has 8 nitrogen and oxygen atoms in total. The Hall–Kier alpha value is -2.06. The van der Waals surface area contributed by atoms with Crippen LogP contribution in [0.15, 0.2) is 72.9 Å². The summed E-state index contributed by atoms with van der Waals surface area (Å²) in [5.41, 5.74) is 5.33. The van der Waals surface area contributed by atoms with E-state index in [-0.39, 0.29) is 32.3 Å². The molecule has 0 bridgehead atoms. The lowest BCUT2D eigenvalue weighted by Gasteiger charge is -2.20. The summed E-state index contributed by atoms with van der Waals surface area (Å²) in [5.74, 6) is -0.352. The molecule has 0 aliphatic heterocycles. The van der Waals surface area contributed by atoms with Crippen molar-refractivity contribution >= 4 is 13.8 Å². The molecule has 0 aromatic heterocycles. The van der Waals surface area contributed by atoms with Crippen LogP contribution in [0.3, 0.4) is 0 Å². The summed E-state index contributed by atoms with van der Waals surface area (Å²) < 4.78 is 33.1. The van der Waals surface area contributed by atoms with Gasteiger partial charge in [0, 0.05) is 19.6 Å². The van der Waals surface area contributed by atoms with Gasteiger partial charge in [-0.05, 0) is 64.2 Å². The fourth-order valence-electron chi connectivity index (χ4n) is 4.82. The lowest BCUT2D eigenvalue weighted by Crippen LogP contribution is -2.28. The monoisotopic (exact) mass is 722 g/mol. The highest BCUT2D eigenvalue weighted by atomic mass is 31.2. The van der Waals surface area contributed by atoms with Crippen molar-refractivity contribution in [2.75, 3.05) is 33.0 Å². The molecule has 288 valence electrons. The summed E-state index contributed by atoms with van der Waals surface area (Å²) in [5, 5.41) is 0. The second kappa shape index (κ2) is 38.2. The number of hydrogen-bond acceptors (Lipinski definition) is 7. The zero-order chi connectivity index (χ0) is 36.6. The van der Waals surface area contributed by atoms with Gasteiger partial charge in [0.05, 0.1) is 19.8 Å². The first-order valence-corrected chi connectivity index (χ1v) is 20.9. The normalized spacial score (nSPS) is 14.4. The van der Waals surface area contributed by atoms with Gasteiger partial charge < -0.3 is 20.1 Å². The highest BCUT2D eigenvalue weighted by Gasteiger charge is 2.25. The van der Waals surface area contributed by atoms with Crippen LogP contribution in [0.5, 0.6) is 0 Å². The molecule has 3 N–H and O–H groups in total. The number of hydrogen-bond donors (Lipinski definition) is 2. The molecule has 0 spiro atoms. The van der Waals surface area contributed by atoms with Crippen molar-refractivity contribution in [2.45, 2.75) is 148 Å². The number of allylic oxidation sites excluding steroid dienone is 12. The minimum atomic E-state index is -4.27. The Morgan fingerprint density at radius 3 is 1.68 bits per heavy atom. The third kappa shape index (κ3) is 37.2. The number of carbonyl (C=O) groups is 1. The van der Waals surface area contributed by atoms with Gasteiger partial charge >= 0.3 is 13.8 Å². The van der Waals surface area contributed by atoms with Crippen molar-refractivity contribution in [3.8, 4) is 0 Å². The number of nitrogens with two attached hydrogens (primary N) is 1. The van der Waals surface area contributed by atoms with Crippen molar-refractivity contribution in [3.63, 3.8) is 0 Å². The van der Waals surface area contributed by atoms with E-state index < -0.39 is 13.9 Å². The Bertz CT molecular complexity index is 989. The summed E-state index contributed by atoms with van der Waals surface area (Å²) >= 11 is 0. The SMILES string of the molecule is CC/C=C\C/C=C\C/C=C\C/C=C\C/C=C\C/C=C\CCCCCCCCC(=O)OC(COCCCCCCCC)COP(=O)(O)OCCN. The largest absolute Gasteiger partial charge is 0.472 e. The molecule has 0 aliphatic carbocycles. The van der Waals surface area contributed by atoms with Gasteiger partial charge in [-0.25, -0.2) is 4.57 Å². The molecule has 0 amide bonds. The molecule has 0 aromatic rings. The van der Waals surface area contributed by atoms with E-state index in [0.717, 1.165) is 83.5 Å². The maximum atomic E-state index is 12.5. The molecule has 0 radical (unpaired) electrons. The van der Waals surface area contributed by atoms with E-state index in [9.17, 15) is 14.3 Å². The van der Waals surface area contributed by atoms with Crippen molar-refractivity contribution in [3.05, 3.63) is 72.9 Å². The molecule has 0 saturated carbocycles. The molecule has 0 rings (SSSR count). The molecular weight excluding hydrogens is 649 g/mol. The summed E-state index contributed by atoms with van der Waals surface area (Å²) in [6.07, 6.45) is 46.5. The van der Waals surface area contributed by atoms with Gasteiger partial charge in [0.15, 0.2) is 0 Å². The van der Waals surface area contributed by atoms with Crippen LogP contribution in [0, 0.1) is 0 Å². The lowest BCUT2D eigenvalue weighted by molar-refractivity contribution is -0.154. The molecule has 9 heteroatoms. The summed E-state index contributed by atoms with van der Waals surface area (Å²) in [6.45, 7) is 4.70. The minimum absolute atomic E-state index is 0.0944. The van der Waals surface area contributed by atoms with E-state index in [4.69, 9.17) is 24.3 Å². The fourth-order valence-corrected chi connectivity index (χ4v) is 5.59. The van der Waals surface area contributed by atoms with E-state index in [1.165, 1.54) is 38.5 Å². The first-order valence-electron chi connectivity index (χ1n) is 19.4. The van der Waals surface area contributed by atoms with Crippen molar-refractivity contribution in [1.29, 1.82) is 0 Å². The number of ether oxygens (including phenoxy) is 2. The lowest BCUT2D eigenvalue weighted by atomic mass is 10.1. The van der Waals surface area contributed by atoms with Crippen LogP contribution in [0.25, 0.3) is 0 Å². The first kappa shape index (κ1) is 47.9. The molecule has 0 fully saturated rings. The van der Waals surface area contributed by atoms with Crippen LogP contribution in [0.2, 0.25) is 0 Å². The average Bonchev–Trinajstić information content (AvgIpc) is 3.10. The van der Waals surface area contributed by atoms with Crippen LogP contribution in [-0.2, 0) is 27.9 Å². The topological polar surface area (TPSA) is 117 Å². The Morgan fingerprint density at radius 2 is 1.12 bits per heavy atom. The number of phosphoric acid groups is 1. The molecule has 0 heterocycles. The second-order valence-electron chi connectivity index (χ2n) is 12.4. The van der Waals surface area contributed by atoms with Gasteiger partial charge in [-0.3, -0.25) is 13.8 Å². The third-order valence-electron chi connectivity index (χ3n) is 7.64. The predicted octanol–water partition coefficient (Wildman–Crippen LogP) is 11.2. The number of rotatable bonds is 36. The van der Waals surface area contributed by atoms with Gasteiger partial charge in [-0.2, -0.15) is 0 Å². The van der Waals surface area contributed by atoms with Crippen LogP contribution >= 0.6 is 7.82 Å². The van der Waals surface area contributed by atoms with Crippen LogP contribution < -0.4 is 5.73 Å². The quantitative estimate of drug-likeness (QED) is 0.0284. The van der Waals surface area contributed by atoms with Crippen LogP contribution in [0.1, 0.15) is 142 Å².